The molecule has 1 saturated heterocycles. The Morgan fingerprint density at radius 1 is 1.06 bits per heavy atom. The van der Waals surface area contributed by atoms with E-state index in [-0.39, 0.29) is 47.5 Å². The number of imide groups is 1. The van der Waals surface area contributed by atoms with E-state index in [4.69, 9.17) is 4.74 Å². The van der Waals surface area contributed by atoms with Gasteiger partial charge in [-0.15, -0.1) is 0 Å². The van der Waals surface area contributed by atoms with Crippen LogP contribution in [0, 0.1) is 0 Å². The largest absolute Gasteiger partial charge is 0.495 e. The van der Waals surface area contributed by atoms with E-state index >= 15 is 0 Å². The predicted octanol–water partition coefficient (Wildman–Crippen LogP) is 2.47. The van der Waals surface area contributed by atoms with E-state index < -0.39 is 10.0 Å². The molecule has 2 aliphatic heterocycles. The monoisotopic (exact) mass is 457 g/mol. The average molecular weight is 458 g/mol. The topological polar surface area (TPSA) is 96.0 Å². The number of nitrogens with zero attached hydrogens (tertiary/aromatic N) is 2. The first-order valence-electron chi connectivity index (χ1n) is 10.7. The molecule has 0 bridgehead atoms. The van der Waals surface area contributed by atoms with Gasteiger partial charge in [0.25, 0.3) is 0 Å². The van der Waals surface area contributed by atoms with Gasteiger partial charge in [0.15, 0.2) is 0 Å². The van der Waals surface area contributed by atoms with Crippen molar-refractivity contribution in [2.45, 2.75) is 43.5 Å². The van der Waals surface area contributed by atoms with E-state index in [1.54, 1.807) is 0 Å². The summed E-state index contributed by atoms with van der Waals surface area (Å²) in [5.74, 6) is -0.458. The van der Waals surface area contributed by atoms with Crippen molar-refractivity contribution in [3.8, 4) is 5.75 Å². The van der Waals surface area contributed by atoms with Gasteiger partial charge in [0.05, 0.1) is 17.7 Å². The summed E-state index contributed by atoms with van der Waals surface area (Å²) < 4.78 is 33.6. The normalized spacial score (nSPS) is 18.4. The molecular weight excluding hydrogens is 430 g/mol. The number of sulfonamides is 1. The molecule has 0 spiro atoms. The van der Waals surface area contributed by atoms with E-state index in [0.717, 1.165) is 17.9 Å². The highest BCUT2D eigenvalue weighted by Crippen LogP contribution is 2.34. The Labute approximate surface area is 188 Å². The van der Waals surface area contributed by atoms with Crippen molar-refractivity contribution in [1.82, 2.24) is 4.72 Å². The summed E-state index contributed by atoms with van der Waals surface area (Å²) in [6, 6.07) is 12.9. The zero-order chi connectivity index (χ0) is 22.9. The molecule has 0 radical (unpaired) electrons. The highest BCUT2D eigenvalue weighted by molar-refractivity contribution is 7.89. The minimum atomic E-state index is -3.82. The van der Waals surface area contributed by atoms with E-state index in [1.807, 2.05) is 12.1 Å². The summed E-state index contributed by atoms with van der Waals surface area (Å²) in [6.07, 6.45) is 1.85. The Morgan fingerprint density at radius 3 is 2.50 bits per heavy atom. The lowest BCUT2D eigenvalue weighted by Crippen LogP contribution is -2.33. The molecule has 1 unspecified atom stereocenters. The maximum Gasteiger partial charge on any atom is 0.240 e. The molecule has 32 heavy (non-hydrogen) atoms. The number of amides is 2. The van der Waals surface area contributed by atoms with Gasteiger partial charge in [-0.05, 0) is 49.6 Å². The Balaban J connectivity index is 1.43. The summed E-state index contributed by atoms with van der Waals surface area (Å²) >= 11 is 0. The standard InChI is InChI=1S/C23H27N3O5S/c1-16-14-17-6-3-4-7-19(17)25(16)13-5-12-24-32(29,30)18-8-9-21(31-2)20(15-18)26-22(27)10-11-23(26)28/h3-4,6-9,15-16,24H,5,10-14H2,1-2H3. The van der Waals surface area contributed by atoms with Crippen LogP contribution < -0.4 is 19.3 Å². The van der Waals surface area contributed by atoms with Crippen molar-refractivity contribution < 1.29 is 22.7 Å². The molecule has 2 aromatic carbocycles. The third-order valence-electron chi connectivity index (χ3n) is 5.97. The van der Waals surface area contributed by atoms with Gasteiger partial charge < -0.3 is 9.64 Å². The van der Waals surface area contributed by atoms with Gasteiger partial charge in [0.2, 0.25) is 21.8 Å². The fraction of sp³-hybridized carbons (Fsp3) is 0.391. The number of methoxy groups -OCH3 is 1. The summed E-state index contributed by atoms with van der Waals surface area (Å²) in [7, 11) is -2.40. The van der Waals surface area contributed by atoms with Crippen LogP contribution in [0.4, 0.5) is 11.4 Å². The Hall–Kier alpha value is -2.91. The summed E-state index contributed by atoms with van der Waals surface area (Å²) in [4.78, 5) is 27.6. The van der Waals surface area contributed by atoms with Gasteiger partial charge in [-0.1, -0.05) is 18.2 Å². The maximum absolute atomic E-state index is 12.9. The van der Waals surface area contributed by atoms with Crippen molar-refractivity contribution in [3.63, 3.8) is 0 Å². The third-order valence-corrected chi connectivity index (χ3v) is 7.43. The number of rotatable bonds is 8. The highest BCUT2D eigenvalue weighted by Gasteiger charge is 2.33. The molecule has 1 fully saturated rings. The summed E-state index contributed by atoms with van der Waals surface area (Å²) in [6.45, 7) is 3.19. The van der Waals surface area contributed by atoms with Crippen LogP contribution >= 0.6 is 0 Å². The first kappa shape index (κ1) is 22.3. The number of carbonyl (C=O) groups is 2. The van der Waals surface area contributed by atoms with Gasteiger partial charge in [0.1, 0.15) is 5.75 Å². The van der Waals surface area contributed by atoms with Crippen LogP contribution in [0.5, 0.6) is 5.75 Å². The molecule has 2 amide bonds. The van der Waals surface area contributed by atoms with Gasteiger partial charge in [-0.2, -0.15) is 0 Å². The van der Waals surface area contributed by atoms with Gasteiger partial charge in [0, 0.05) is 37.7 Å². The maximum atomic E-state index is 12.9. The van der Waals surface area contributed by atoms with Crippen molar-refractivity contribution in [1.29, 1.82) is 0 Å². The fourth-order valence-corrected chi connectivity index (χ4v) is 5.46. The van der Waals surface area contributed by atoms with E-state index in [1.165, 1.54) is 36.6 Å². The lowest BCUT2D eigenvalue weighted by molar-refractivity contribution is -0.121. The number of para-hydroxylation sites is 1. The van der Waals surface area contributed by atoms with Crippen LogP contribution in [0.25, 0.3) is 0 Å². The fourth-order valence-electron chi connectivity index (χ4n) is 4.37. The molecule has 2 aromatic rings. The Morgan fingerprint density at radius 2 is 1.78 bits per heavy atom. The van der Waals surface area contributed by atoms with E-state index in [2.05, 4.69) is 28.7 Å². The Bertz CT molecular complexity index is 1130. The molecule has 4 rings (SSSR count). The number of fused-ring (bicyclic) bond motifs is 1. The smallest absolute Gasteiger partial charge is 0.240 e. The molecular formula is C23H27N3O5S. The van der Waals surface area contributed by atoms with E-state index in [9.17, 15) is 18.0 Å². The Kier molecular flexibility index (Phi) is 6.21. The molecule has 0 saturated carbocycles. The quantitative estimate of drug-likeness (QED) is 0.483. The predicted molar refractivity (Wildman–Crippen MR) is 121 cm³/mol. The number of benzene rings is 2. The first-order chi connectivity index (χ1) is 15.3. The molecule has 0 aliphatic carbocycles. The first-order valence-corrected chi connectivity index (χ1v) is 12.2. The number of hydrogen-bond acceptors (Lipinski definition) is 6. The highest BCUT2D eigenvalue weighted by atomic mass is 32.2. The van der Waals surface area contributed by atoms with Gasteiger partial charge >= 0.3 is 0 Å². The zero-order valence-corrected chi connectivity index (χ0v) is 19.0. The van der Waals surface area contributed by atoms with E-state index in [0.29, 0.717) is 12.5 Å². The van der Waals surface area contributed by atoms with Crippen molar-refractivity contribution in [2.24, 2.45) is 0 Å². The zero-order valence-electron chi connectivity index (χ0n) is 18.2. The van der Waals surface area contributed by atoms with Gasteiger partial charge in [-0.25, -0.2) is 18.0 Å². The van der Waals surface area contributed by atoms with Crippen molar-refractivity contribution in [2.75, 3.05) is 30.0 Å². The SMILES string of the molecule is COc1ccc(S(=O)(=O)NCCCN2c3ccccc3CC2C)cc1N1C(=O)CCC1=O. The second-order valence-electron chi connectivity index (χ2n) is 8.08. The molecule has 0 aromatic heterocycles. The van der Waals surface area contributed by atoms with Crippen LogP contribution in [0.3, 0.4) is 0 Å². The number of carbonyl (C=O) groups excluding carboxylic acids is 2. The third kappa shape index (κ3) is 4.22. The average Bonchev–Trinajstić information content (AvgIpc) is 3.28. The number of nitrogens with one attached hydrogen (secondary N) is 1. The number of ether oxygens (including phenoxy) is 1. The molecule has 8 nitrogen and oxygen atoms in total. The number of anilines is 2. The lowest BCUT2D eigenvalue weighted by atomic mass is 10.1. The minimum Gasteiger partial charge on any atom is -0.495 e. The lowest BCUT2D eigenvalue weighted by Gasteiger charge is -2.25. The molecule has 2 aliphatic rings. The van der Waals surface area contributed by atoms with Crippen LogP contribution in [-0.4, -0.2) is 46.5 Å². The summed E-state index contributed by atoms with van der Waals surface area (Å²) in [5, 5.41) is 0. The van der Waals surface area contributed by atoms with Crippen LogP contribution in [0.15, 0.2) is 47.4 Å². The van der Waals surface area contributed by atoms with Gasteiger partial charge in [-0.3, -0.25) is 9.59 Å². The number of hydrogen-bond donors (Lipinski definition) is 1. The molecule has 9 heteroatoms. The molecule has 1 N–H and O–H groups in total. The van der Waals surface area contributed by atoms with Crippen molar-refractivity contribution in [3.05, 3.63) is 48.0 Å². The second kappa shape index (κ2) is 8.91. The van der Waals surface area contributed by atoms with Crippen molar-refractivity contribution >= 4 is 33.2 Å². The summed E-state index contributed by atoms with van der Waals surface area (Å²) in [5.41, 5.74) is 2.69. The minimum absolute atomic E-state index is 0.0133. The molecule has 2 heterocycles. The van der Waals surface area contributed by atoms with Crippen LogP contribution in [0.1, 0.15) is 31.7 Å². The van der Waals surface area contributed by atoms with Crippen LogP contribution in [-0.2, 0) is 26.0 Å². The second-order valence-corrected chi connectivity index (χ2v) is 9.85. The van der Waals surface area contributed by atoms with Crippen LogP contribution in [0.2, 0.25) is 0 Å². The molecule has 170 valence electrons. The molecule has 1 atom stereocenters.